The maximum absolute atomic E-state index is 14.2. The summed E-state index contributed by atoms with van der Waals surface area (Å²) in [6, 6.07) is 2.96. The lowest BCUT2D eigenvalue weighted by Gasteiger charge is -2.22. The number of hydrogen-bond donors (Lipinski definition) is 1. The molecule has 0 aliphatic heterocycles. The van der Waals surface area contributed by atoms with E-state index >= 15 is 0 Å². The standard InChI is InChI=1S/C16H25F2NO2/c1-5-7-16(17,18)13-10-14(20-3)11(8-12(19)6-2)9-15(13)21-4/h9-10,12H,5-8,19H2,1-4H3. The molecule has 0 spiro atoms. The molecule has 21 heavy (non-hydrogen) atoms. The van der Waals surface area contributed by atoms with Crippen molar-refractivity contribution in [3.05, 3.63) is 23.3 Å². The molecule has 1 unspecified atom stereocenters. The van der Waals surface area contributed by atoms with Gasteiger partial charge in [0.2, 0.25) is 0 Å². The molecule has 5 heteroatoms. The van der Waals surface area contributed by atoms with Gasteiger partial charge in [0.05, 0.1) is 19.8 Å². The molecule has 0 heterocycles. The van der Waals surface area contributed by atoms with E-state index in [0.29, 0.717) is 18.6 Å². The third-order valence-electron chi connectivity index (χ3n) is 3.57. The third-order valence-corrected chi connectivity index (χ3v) is 3.57. The maximum Gasteiger partial charge on any atom is 0.276 e. The second-order valence-electron chi connectivity index (χ2n) is 5.19. The Bertz CT molecular complexity index is 464. The van der Waals surface area contributed by atoms with Crippen LogP contribution in [-0.4, -0.2) is 20.3 Å². The van der Waals surface area contributed by atoms with E-state index in [-0.39, 0.29) is 23.8 Å². The van der Waals surface area contributed by atoms with Crippen LogP contribution < -0.4 is 15.2 Å². The molecule has 0 aliphatic rings. The van der Waals surface area contributed by atoms with E-state index < -0.39 is 5.92 Å². The van der Waals surface area contributed by atoms with Gasteiger partial charge >= 0.3 is 0 Å². The SMILES string of the molecule is CCCC(F)(F)c1cc(OC)c(CC(N)CC)cc1OC. The fourth-order valence-corrected chi connectivity index (χ4v) is 2.28. The van der Waals surface area contributed by atoms with Crippen molar-refractivity contribution < 1.29 is 18.3 Å². The van der Waals surface area contributed by atoms with Crippen LogP contribution in [0, 0.1) is 0 Å². The first-order valence-corrected chi connectivity index (χ1v) is 7.28. The minimum Gasteiger partial charge on any atom is -0.496 e. The second-order valence-corrected chi connectivity index (χ2v) is 5.19. The van der Waals surface area contributed by atoms with Crippen molar-refractivity contribution >= 4 is 0 Å². The average molecular weight is 301 g/mol. The summed E-state index contributed by atoms with van der Waals surface area (Å²) in [7, 11) is 2.88. The minimum absolute atomic E-state index is 0.0365. The van der Waals surface area contributed by atoms with Gasteiger partial charge in [0.1, 0.15) is 11.5 Å². The lowest BCUT2D eigenvalue weighted by molar-refractivity contribution is -0.0162. The molecule has 0 saturated heterocycles. The van der Waals surface area contributed by atoms with Gasteiger partial charge in [-0.2, -0.15) is 0 Å². The Kier molecular flexibility index (Phi) is 6.40. The molecule has 1 rings (SSSR count). The summed E-state index contributed by atoms with van der Waals surface area (Å²) in [6.45, 7) is 3.71. The van der Waals surface area contributed by atoms with Gasteiger partial charge in [-0.1, -0.05) is 20.3 Å². The molecule has 2 N–H and O–H groups in total. The monoisotopic (exact) mass is 301 g/mol. The van der Waals surface area contributed by atoms with Crippen LogP contribution in [0.2, 0.25) is 0 Å². The van der Waals surface area contributed by atoms with E-state index in [4.69, 9.17) is 15.2 Å². The number of benzene rings is 1. The van der Waals surface area contributed by atoms with E-state index in [1.54, 1.807) is 13.0 Å². The average Bonchev–Trinajstić information content (AvgIpc) is 2.46. The van der Waals surface area contributed by atoms with Crippen molar-refractivity contribution in [2.24, 2.45) is 5.73 Å². The van der Waals surface area contributed by atoms with Gasteiger partial charge in [-0.25, -0.2) is 8.78 Å². The number of ether oxygens (including phenoxy) is 2. The topological polar surface area (TPSA) is 44.5 Å². The van der Waals surface area contributed by atoms with Crippen LogP contribution in [0.4, 0.5) is 8.78 Å². The molecule has 0 aliphatic carbocycles. The van der Waals surface area contributed by atoms with Crippen molar-refractivity contribution in [1.29, 1.82) is 0 Å². The normalized spacial score (nSPS) is 13.1. The highest BCUT2D eigenvalue weighted by Gasteiger charge is 2.34. The summed E-state index contributed by atoms with van der Waals surface area (Å²) in [5.41, 5.74) is 6.61. The van der Waals surface area contributed by atoms with Crippen LogP contribution in [0.1, 0.15) is 44.2 Å². The fraction of sp³-hybridized carbons (Fsp3) is 0.625. The van der Waals surface area contributed by atoms with Gasteiger partial charge in [-0.3, -0.25) is 0 Å². The summed E-state index contributed by atoms with van der Waals surface area (Å²) in [5.74, 6) is -2.31. The molecule has 0 bridgehead atoms. The molecule has 120 valence electrons. The summed E-state index contributed by atoms with van der Waals surface area (Å²) in [6.07, 6.45) is 1.54. The van der Waals surface area contributed by atoms with Crippen LogP contribution in [0.15, 0.2) is 12.1 Å². The van der Waals surface area contributed by atoms with E-state index in [9.17, 15) is 8.78 Å². The Labute approximate surface area is 125 Å². The second kappa shape index (κ2) is 7.59. The molecule has 0 radical (unpaired) electrons. The van der Waals surface area contributed by atoms with E-state index in [1.165, 1.54) is 20.3 Å². The Morgan fingerprint density at radius 2 is 1.76 bits per heavy atom. The zero-order valence-electron chi connectivity index (χ0n) is 13.2. The highest BCUT2D eigenvalue weighted by atomic mass is 19.3. The van der Waals surface area contributed by atoms with Crippen LogP contribution in [-0.2, 0) is 12.3 Å². The molecule has 0 saturated carbocycles. The Hall–Kier alpha value is -1.36. The molecule has 3 nitrogen and oxygen atoms in total. The predicted molar refractivity (Wildman–Crippen MR) is 80.3 cm³/mol. The predicted octanol–water partition coefficient (Wildman–Crippen LogP) is 3.88. The first-order chi connectivity index (χ1) is 9.89. The lowest BCUT2D eigenvalue weighted by Crippen LogP contribution is -2.22. The Balaban J connectivity index is 3.28. The number of methoxy groups -OCH3 is 2. The molecular weight excluding hydrogens is 276 g/mol. The first-order valence-electron chi connectivity index (χ1n) is 7.28. The van der Waals surface area contributed by atoms with Crippen molar-refractivity contribution in [2.45, 2.75) is 51.5 Å². The summed E-state index contributed by atoms with van der Waals surface area (Å²) < 4.78 is 38.9. The van der Waals surface area contributed by atoms with Crippen LogP contribution in [0.3, 0.4) is 0 Å². The molecule has 1 aromatic carbocycles. The minimum atomic E-state index is -2.93. The van der Waals surface area contributed by atoms with Crippen molar-refractivity contribution in [3.63, 3.8) is 0 Å². The van der Waals surface area contributed by atoms with Gasteiger partial charge in [-0.15, -0.1) is 0 Å². The highest BCUT2D eigenvalue weighted by Crippen LogP contribution is 2.42. The van der Waals surface area contributed by atoms with Gasteiger partial charge < -0.3 is 15.2 Å². The van der Waals surface area contributed by atoms with Crippen molar-refractivity contribution in [3.8, 4) is 11.5 Å². The summed E-state index contributed by atoms with van der Waals surface area (Å²) in [5, 5.41) is 0. The number of alkyl halides is 2. The number of hydrogen-bond acceptors (Lipinski definition) is 3. The number of rotatable bonds is 8. The molecule has 0 aromatic heterocycles. The fourth-order valence-electron chi connectivity index (χ4n) is 2.28. The molecule has 0 fully saturated rings. The maximum atomic E-state index is 14.2. The summed E-state index contributed by atoms with van der Waals surface area (Å²) >= 11 is 0. The largest absolute Gasteiger partial charge is 0.496 e. The van der Waals surface area contributed by atoms with Gasteiger partial charge in [-0.05, 0) is 30.5 Å². The van der Waals surface area contributed by atoms with Gasteiger partial charge in [0.15, 0.2) is 0 Å². The van der Waals surface area contributed by atoms with E-state index in [2.05, 4.69) is 0 Å². The van der Waals surface area contributed by atoms with Crippen LogP contribution in [0.25, 0.3) is 0 Å². The van der Waals surface area contributed by atoms with Crippen LogP contribution >= 0.6 is 0 Å². The van der Waals surface area contributed by atoms with Gasteiger partial charge in [0, 0.05) is 12.5 Å². The molecule has 0 amide bonds. The quantitative estimate of drug-likeness (QED) is 0.792. The Morgan fingerprint density at radius 1 is 1.14 bits per heavy atom. The highest BCUT2D eigenvalue weighted by molar-refractivity contribution is 5.48. The van der Waals surface area contributed by atoms with E-state index in [0.717, 1.165) is 12.0 Å². The third kappa shape index (κ3) is 4.30. The van der Waals surface area contributed by atoms with Crippen molar-refractivity contribution in [2.75, 3.05) is 14.2 Å². The van der Waals surface area contributed by atoms with Gasteiger partial charge in [0.25, 0.3) is 5.92 Å². The molecule has 1 atom stereocenters. The Morgan fingerprint density at radius 3 is 2.24 bits per heavy atom. The van der Waals surface area contributed by atoms with E-state index in [1.807, 2.05) is 6.92 Å². The zero-order valence-corrected chi connectivity index (χ0v) is 13.2. The zero-order chi connectivity index (χ0) is 16.0. The van der Waals surface area contributed by atoms with Crippen LogP contribution in [0.5, 0.6) is 11.5 Å². The smallest absolute Gasteiger partial charge is 0.276 e. The first kappa shape index (κ1) is 17.7. The number of halogens is 2. The van der Waals surface area contributed by atoms with Crippen molar-refractivity contribution in [1.82, 2.24) is 0 Å². The molecular formula is C16H25F2NO2. The lowest BCUT2D eigenvalue weighted by atomic mass is 9.97. The summed E-state index contributed by atoms with van der Waals surface area (Å²) in [4.78, 5) is 0. The number of nitrogens with two attached hydrogens (primary N) is 1. The molecule has 1 aromatic rings.